The first-order valence-corrected chi connectivity index (χ1v) is 6.22. The van der Waals surface area contributed by atoms with Crippen molar-refractivity contribution in [1.29, 1.82) is 0 Å². The van der Waals surface area contributed by atoms with E-state index in [1.807, 2.05) is 0 Å². The van der Waals surface area contributed by atoms with E-state index in [1.165, 1.54) is 0 Å². The van der Waals surface area contributed by atoms with Gasteiger partial charge >= 0.3 is 5.97 Å². The Labute approximate surface area is 97.8 Å². The second-order valence-electron chi connectivity index (χ2n) is 4.94. The molecule has 0 aromatic rings. The molecule has 1 rings (SSSR count). The van der Waals surface area contributed by atoms with Gasteiger partial charge in [-0.3, -0.25) is 9.69 Å². The fraction of sp³-hybridized carbons (Fsp3) is 0.917. The molecular formula is C12H24N2O2. The number of nitrogens with zero attached hydrogens (tertiary/aromatic N) is 1. The van der Waals surface area contributed by atoms with E-state index in [4.69, 9.17) is 5.73 Å². The highest BCUT2D eigenvalue weighted by Gasteiger charge is 2.49. The van der Waals surface area contributed by atoms with Crippen LogP contribution in [0.2, 0.25) is 0 Å². The van der Waals surface area contributed by atoms with Crippen molar-refractivity contribution >= 4 is 5.97 Å². The average Bonchev–Trinajstić information content (AvgIpc) is 3.08. The molecule has 0 radical (unpaired) electrons. The van der Waals surface area contributed by atoms with E-state index in [0.29, 0.717) is 12.6 Å². The van der Waals surface area contributed by atoms with Gasteiger partial charge in [-0.25, -0.2) is 0 Å². The topological polar surface area (TPSA) is 66.6 Å². The van der Waals surface area contributed by atoms with E-state index in [-0.39, 0.29) is 5.92 Å². The molecule has 0 heterocycles. The Kier molecular flexibility index (Phi) is 4.33. The lowest BCUT2D eigenvalue weighted by molar-refractivity contribution is -0.145. The first-order chi connectivity index (χ1) is 7.45. The third-order valence-electron chi connectivity index (χ3n) is 3.79. The van der Waals surface area contributed by atoms with Crippen LogP contribution in [0, 0.1) is 5.92 Å². The number of hydrogen-bond donors (Lipinski definition) is 2. The average molecular weight is 228 g/mol. The van der Waals surface area contributed by atoms with Gasteiger partial charge in [0.25, 0.3) is 0 Å². The predicted octanol–water partition coefficient (Wildman–Crippen LogP) is 1.30. The molecule has 1 aliphatic carbocycles. The highest BCUT2D eigenvalue weighted by Crippen LogP contribution is 2.39. The third kappa shape index (κ3) is 2.74. The summed E-state index contributed by atoms with van der Waals surface area (Å²) in [7, 11) is 0. The molecule has 4 heteroatoms. The zero-order valence-electron chi connectivity index (χ0n) is 10.6. The van der Waals surface area contributed by atoms with Crippen LogP contribution >= 0.6 is 0 Å². The van der Waals surface area contributed by atoms with Crippen LogP contribution in [-0.4, -0.2) is 40.6 Å². The molecule has 16 heavy (non-hydrogen) atoms. The molecule has 94 valence electrons. The number of carboxylic acid groups (broad SMARTS) is 1. The van der Waals surface area contributed by atoms with Gasteiger partial charge in [-0.2, -0.15) is 0 Å². The van der Waals surface area contributed by atoms with Crippen LogP contribution in [0.3, 0.4) is 0 Å². The minimum absolute atomic E-state index is 0.170. The summed E-state index contributed by atoms with van der Waals surface area (Å²) in [6, 6.07) is 0.394. The highest BCUT2D eigenvalue weighted by atomic mass is 16.4. The SMILES string of the molecule is CCC(C)N(CC)CC(N)(C(=O)O)C1CC1. The number of aliphatic carboxylic acids is 1. The van der Waals surface area contributed by atoms with Gasteiger partial charge < -0.3 is 10.8 Å². The highest BCUT2D eigenvalue weighted by molar-refractivity contribution is 5.79. The fourth-order valence-electron chi connectivity index (χ4n) is 2.14. The van der Waals surface area contributed by atoms with Gasteiger partial charge in [-0.1, -0.05) is 13.8 Å². The van der Waals surface area contributed by atoms with Crippen molar-refractivity contribution in [3.8, 4) is 0 Å². The summed E-state index contributed by atoms with van der Waals surface area (Å²) in [5, 5.41) is 9.29. The number of nitrogens with two attached hydrogens (primary N) is 1. The van der Waals surface area contributed by atoms with Crippen LogP contribution in [-0.2, 0) is 4.79 Å². The number of carboxylic acids is 1. The molecule has 4 nitrogen and oxygen atoms in total. The van der Waals surface area contributed by atoms with Crippen molar-refractivity contribution in [1.82, 2.24) is 4.90 Å². The van der Waals surface area contributed by atoms with E-state index in [1.54, 1.807) is 0 Å². The maximum Gasteiger partial charge on any atom is 0.325 e. The molecule has 0 spiro atoms. The number of hydrogen-bond acceptors (Lipinski definition) is 3. The Morgan fingerprint density at radius 1 is 1.56 bits per heavy atom. The number of likely N-dealkylation sites (N-methyl/N-ethyl adjacent to an activating group) is 1. The summed E-state index contributed by atoms with van der Waals surface area (Å²) in [6.07, 6.45) is 2.94. The summed E-state index contributed by atoms with van der Waals surface area (Å²) in [4.78, 5) is 13.5. The van der Waals surface area contributed by atoms with E-state index >= 15 is 0 Å². The van der Waals surface area contributed by atoms with Crippen molar-refractivity contribution in [3.05, 3.63) is 0 Å². The predicted molar refractivity (Wildman–Crippen MR) is 64.3 cm³/mol. The zero-order valence-corrected chi connectivity index (χ0v) is 10.6. The largest absolute Gasteiger partial charge is 0.480 e. The third-order valence-corrected chi connectivity index (χ3v) is 3.79. The fourth-order valence-corrected chi connectivity index (χ4v) is 2.14. The van der Waals surface area contributed by atoms with Crippen LogP contribution in [0.15, 0.2) is 0 Å². The molecule has 0 aromatic carbocycles. The first-order valence-electron chi connectivity index (χ1n) is 6.22. The Morgan fingerprint density at radius 3 is 2.44 bits per heavy atom. The minimum atomic E-state index is -1.04. The van der Waals surface area contributed by atoms with Gasteiger partial charge in [0.05, 0.1) is 0 Å². The minimum Gasteiger partial charge on any atom is -0.480 e. The Bertz CT molecular complexity index is 253. The zero-order chi connectivity index (χ0) is 12.3. The molecule has 0 aromatic heterocycles. The maximum absolute atomic E-state index is 11.3. The van der Waals surface area contributed by atoms with Crippen molar-refractivity contribution in [3.63, 3.8) is 0 Å². The van der Waals surface area contributed by atoms with E-state index in [2.05, 4.69) is 25.7 Å². The van der Waals surface area contributed by atoms with Gasteiger partial charge in [0.15, 0.2) is 0 Å². The van der Waals surface area contributed by atoms with Gasteiger partial charge in [0.1, 0.15) is 5.54 Å². The lowest BCUT2D eigenvalue weighted by Gasteiger charge is -2.35. The van der Waals surface area contributed by atoms with E-state index in [9.17, 15) is 9.90 Å². The first kappa shape index (κ1) is 13.5. The van der Waals surface area contributed by atoms with Crippen LogP contribution in [0.1, 0.15) is 40.0 Å². The quantitative estimate of drug-likeness (QED) is 0.689. The Balaban J connectivity index is 2.69. The summed E-state index contributed by atoms with van der Waals surface area (Å²) in [6.45, 7) is 7.62. The second-order valence-corrected chi connectivity index (χ2v) is 4.94. The number of rotatable bonds is 7. The van der Waals surface area contributed by atoms with Crippen LogP contribution in [0.25, 0.3) is 0 Å². The van der Waals surface area contributed by atoms with Gasteiger partial charge in [0.2, 0.25) is 0 Å². The molecule has 1 aliphatic rings. The molecule has 1 fully saturated rings. The lowest BCUT2D eigenvalue weighted by Crippen LogP contribution is -2.59. The van der Waals surface area contributed by atoms with Crippen molar-refractivity contribution in [2.45, 2.75) is 51.6 Å². The second kappa shape index (κ2) is 5.15. The molecule has 0 amide bonds. The van der Waals surface area contributed by atoms with Gasteiger partial charge in [0, 0.05) is 12.6 Å². The standard InChI is InChI=1S/C12H24N2O2/c1-4-9(3)14(5-2)8-12(13,11(15)16)10-6-7-10/h9-10H,4-8,13H2,1-3H3,(H,15,16). The molecule has 2 unspecified atom stereocenters. The summed E-state index contributed by atoms with van der Waals surface area (Å²) in [5.74, 6) is -0.681. The molecule has 1 saturated carbocycles. The van der Waals surface area contributed by atoms with Gasteiger partial charge in [-0.05, 0) is 38.6 Å². The molecule has 0 saturated heterocycles. The molecule has 0 aliphatic heterocycles. The van der Waals surface area contributed by atoms with Crippen molar-refractivity contribution < 1.29 is 9.90 Å². The Hall–Kier alpha value is -0.610. The van der Waals surface area contributed by atoms with Crippen LogP contribution in [0.4, 0.5) is 0 Å². The summed E-state index contributed by atoms with van der Waals surface area (Å²) < 4.78 is 0. The normalized spacial score (nSPS) is 21.8. The smallest absolute Gasteiger partial charge is 0.325 e. The molecule has 3 N–H and O–H groups in total. The van der Waals surface area contributed by atoms with Crippen LogP contribution in [0.5, 0.6) is 0 Å². The van der Waals surface area contributed by atoms with Gasteiger partial charge in [-0.15, -0.1) is 0 Å². The lowest BCUT2D eigenvalue weighted by atomic mass is 9.93. The molecule has 0 bridgehead atoms. The summed E-state index contributed by atoms with van der Waals surface area (Å²) >= 11 is 0. The van der Waals surface area contributed by atoms with E-state index in [0.717, 1.165) is 25.8 Å². The van der Waals surface area contributed by atoms with Crippen molar-refractivity contribution in [2.75, 3.05) is 13.1 Å². The van der Waals surface area contributed by atoms with Crippen LogP contribution < -0.4 is 5.73 Å². The van der Waals surface area contributed by atoms with E-state index < -0.39 is 11.5 Å². The number of carbonyl (C=O) groups is 1. The monoisotopic (exact) mass is 228 g/mol. The Morgan fingerprint density at radius 2 is 2.12 bits per heavy atom. The summed E-state index contributed by atoms with van der Waals surface area (Å²) in [5.41, 5.74) is 5.03. The maximum atomic E-state index is 11.3. The molecule has 2 atom stereocenters. The molecular weight excluding hydrogens is 204 g/mol. The van der Waals surface area contributed by atoms with Crippen molar-refractivity contribution in [2.24, 2.45) is 11.7 Å².